The molecule has 3 nitrogen and oxygen atoms in total. The summed E-state index contributed by atoms with van der Waals surface area (Å²) in [5.74, 6) is -2.39. The van der Waals surface area contributed by atoms with Crippen molar-refractivity contribution in [3.8, 4) is 0 Å². The molecule has 0 amide bonds. The van der Waals surface area contributed by atoms with Gasteiger partial charge in [0.25, 0.3) is 0 Å². The summed E-state index contributed by atoms with van der Waals surface area (Å²) in [6.07, 6.45) is -0.271. The molecule has 1 aromatic rings. The normalized spacial score (nSPS) is 25.4. The highest BCUT2D eigenvalue weighted by Gasteiger charge is 2.32. The van der Waals surface area contributed by atoms with Gasteiger partial charge < -0.3 is 10.5 Å². The van der Waals surface area contributed by atoms with Gasteiger partial charge in [-0.05, 0) is 17.7 Å². The zero-order valence-corrected chi connectivity index (χ0v) is 7.74. The first-order valence-electron chi connectivity index (χ1n) is 4.49. The van der Waals surface area contributed by atoms with Gasteiger partial charge in [-0.3, -0.25) is 4.79 Å². The lowest BCUT2D eigenvalue weighted by molar-refractivity contribution is -0.142. The van der Waals surface area contributed by atoms with Gasteiger partial charge in [-0.15, -0.1) is 0 Å². The highest BCUT2D eigenvalue weighted by atomic mass is 19.2. The maximum absolute atomic E-state index is 12.9. The Morgan fingerprint density at radius 1 is 1.33 bits per heavy atom. The molecule has 0 saturated carbocycles. The number of cyclic esters (lactones) is 1. The molecule has 5 heteroatoms. The molecule has 1 fully saturated rings. The lowest BCUT2D eigenvalue weighted by Gasteiger charge is -2.08. The van der Waals surface area contributed by atoms with Crippen molar-refractivity contribution in [2.45, 2.75) is 18.6 Å². The smallest absolute Gasteiger partial charge is 0.323 e. The first-order chi connectivity index (χ1) is 7.08. The number of esters is 1. The highest BCUT2D eigenvalue weighted by Crippen LogP contribution is 2.29. The van der Waals surface area contributed by atoms with Crippen LogP contribution in [0.15, 0.2) is 18.2 Å². The molecule has 0 aliphatic carbocycles. The third-order valence-corrected chi connectivity index (χ3v) is 2.34. The summed E-state index contributed by atoms with van der Waals surface area (Å²) in [5.41, 5.74) is 5.86. The van der Waals surface area contributed by atoms with Gasteiger partial charge in [-0.2, -0.15) is 0 Å². The number of halogens is 2. The standard InChI is InChI=1S/C10H9F2NO2/c11-6-2-1-5(3-7(6)12)9-4-8(13)10(14)15-9/h1-3,8-9H,4,13H2. The lowest BCUT2D eigenvalue weighted by atomic mass is 10.1. The van der Waals surface area contributed by atoms with Crippen LogP contribution in [-0.2, 0) is 9.53 Å². The first-order valence-corrected chi connectivity index (χ1v) is 4.49. The van der Waals surface area contributed by atoms with Crippen LogP contribution in [0.3, 0.4) is 0 Å². The van der Waals surface area contributed by atoms with E-state index in [1.807, 2.05) is 0 Å². The molecule has 0 aromatic heterocycles. The number of hydrogen-bond acceptors (Lipinski definition) is 3. The minimum absolute atomic E-state index is 0.296. The Morgan fingerprint density at radius 3 is 2.60 bits per heavy atom. The van der Waals surface area contributed by atoms with Crippen LogP contribution in [0.2, 0.25) is 0 Å². The van der Waals surface area contributed by atoms with Crippen LogP contribution >= 0.6 is 0 Å². The van der Waals surface area contributed by atoms with E-state index in [0.717, 1.165) is 12.1 Å². The van der Waals surface area contributed by atoms with Crippen molar-refractivity contribution in [3.05, 3.63) is 35.4 Å². The second kappa shape index (κ2) is 3.58. The summed E-state index contributed by atoms with van der Waals surface area (Å²) in [4.78, 5) is 11.0. The van der Waals surface area contributed by atoms with E-state index in [-0.39, 0.29) is 0 Å². The summed E-state index contributed by atoms with van der Waals surface area (Å²) in [7, 11) is 0. The summed E-state index contributed by atoms with van der Waals surface area (Å²) >= 11 is 0. The van der Waals surface area contributed by atoms with Crippen LogP contribution in [-0.4, -0.2) is 12.0 Å². The van der Waals surface area contributed by atoms with Gasteiger partial charge in [0.15, 0.2) is 11.6 Å². The third kappa shape index (κ3) is 1.83. The first kappa shape index (κ1) is 10.0. The Kier molecular flexibility index (Phi) is 2.40. The topological polar surface area (TPSA) is 52.3 Å². The molecule has 2 rings (SSSR count). The van der Waals surface area contributed by atoms with Gasteiger partial charge in [0.2, 0.25) is 0 Å². The van der Waals surface area contributed by atoms with Crippen molar-refractivity contribution >= 4 is 5.97 Å². The number of carbonyl (C=O) groups is 1. The fourth-order valence-corrected chi connectivity index (χ4v) is 1.52. The lowest BCUT2D eigenvalue weighted by Crippen LogP contribution is -2.24. The second-order valence-corrected chi connectivity index (χ2v) is 3.44. The molecule has 15 heavy (non-hydrogen) atoms. The summed E-state index contributed by atoms with van der Waals surface area (Å²) in [6.45, 7) is 0. The van der Waals surface area contributed by atoms with Crippen LogP contribution in [0.1, 0.15) is 18.1 Å². The van der Waals surface area contributed by atoms with Gasteiger partial charge >= 0.3 is 5.97 Å². The minimum atomic E-state index is -0.955. The molecule has 2 N–H and O–H groups in total. The maximum atomic E-state index is 12.9. The van der Waals surface area contributed by atoms with Gasteiger partial charge in [0, 0.05) is 6.42 Å². The van der Waals surface area contributed by atoms with Crippen molar-refractivity contribution < 1.29 is 18.3 Å². The average Bonchev–Trinajstić information content (AvgIpc) is 2.52. The van der Waals surface area contributed by atoms with E-state index in [4.69, 9.17) is 10.5 Å². The van der Waals surface area contributed by atoms with Crippen molar-refractivity contribution in [1.29, 1.82) is 0 Å². The molecular weight excluding hydrogens is 204 g/mol. The molecule has 1 saturated heterocycles. The zero-order valence-electron chi connectivity index (χ0n) is 7.74. The quantitative estimate of drug-likeness (QED) is 0.715. The number of hydrogen-bond donors (Lipinski definition) is 1. The van der Waals surface area contributed by atoms with E-state index in [1.54, 1.807) is 0 Å². The van der Waals surface area contributed by atoms with E-state index < -0.39 is 29.7 Å². The maximum Gasteiger partial charge on any atom is 0.323 e. The Labute approximate surface area is 84.8 Å². The van der Waals surface area contributed by atoms with E-state index in [2.05, 4.69) is 0 Å². The van der Waals surface area contributed by atoms with Gasteiger partial charge in [-0.1, -0.05) is 6.07 Å². The van der Waals surface area contributed by atoms with Crippen molar-refractivity contribution in [1.82, 2.24) is 0 Å². The number of nitrogens with two attached hydrogens (primary N) is 1. The summed E-state index contributed by atoms with van der Waals surface area (Å²) in [6, 6.07) is 2.73. The van der Waals surface area contributed by atoms with E-state index in [1.165, 1.54) is 6.07 Å². The zero-order chi connectivity index (χ0) is 11.0. The molecule has 1 aliphatic rings. The average molecular weight is 213 g/mol. The number of carbonyl (C=O) groups excluding carboxylic acids is 1. The molecule has 80 valence electrons. The Bertz CT molecular complexity index is 408. The Morgan fingerprint density at radius 2 is 2.07 bits per heavy atom. The molecular formula is C10H9F2NO2. The van der Waals surface area contributed by atoms with E-state index in [9.17, 15) is 13.6 Å². The predicted molar refractivity (Wildman–Crippen MR) is 47.8 cm³/mol. The monoisotopic (exact) mass is 213 g/mol. The highest BCUT2D eigenvalue weighted by molar-refractivity contribution is 5.77. The molecule has 0 spiro atoms. The SMILES string of the molecule is NC1CC(c2ccc(F)c(F)c2)OC1=O. The second-order valence-electron chi connectivity index (χ2n) is 3.44. The van der Waals surface area contributed by atoms with Crippen LogP contribution < -0.4 is 5.73 Å². The Hall–Kier alpha value is -1.49. The molecule has 2 unspecified atom stereocenters. The van der Waals surface area contributed by atoms with Gasteiger partial charge in [0.05, 0.1) is 0 Å². The number of benzene rings is 1. The third-order valence-electron chi connectivity index (χ3n) is 2.34. The summed E-state index contributed by atoms with van der Waals surface area (Å²) < 4.78 is 30.4. The molecule has 1 aliphatic heterocycles. The number of ether oxygens (including phenoxy) is 1. The molecule has 0 radical (unpaired) electrons. The van der Waals surface area contributed by atoms with Crippen LogP contribution in [0.25, 0.3) is 0 Å². The molecule has 1 aromatic carbocycles. The Balaban J connectivity index is 2.24. The van der Waals surface area contributed by atoms with Crippen molar-refractivity contribution in [3.63, 3.8) is 0 Å². The van der Waals surface area contributed by atoms with Crippen LogP contribution in [0, 0.1) is 11.6 Å². The fraction of sp³-hybridized carbons (Fsp3) is 0.300. The van der Waals surface area contributed by atoms with Crippen molar-refractivity contribution in [2.24, 2.45) is 5.73 Å². The van der Waals surface area contributed by atoms with Crippen LogP contribution in [0.4, 0.5) is 8.78 Å². The van der Waals surface area contributed by atoms with Gasteiger partial charge in [-0.25, -0.2) is 8.78 Å². The largest absolute Gasteiger partial charge is 0.456 e. The number of rotatable bonds is 1. The summed E-state index contributed by atoms with van der Waals surface area (Å²) in [5, 5.41) is 0. The fourth-order valence-electron chi connectivity index (χ4n) is 1.52. The molecule has 2 atom stereocenters. The predicted octanol–water partition coefficient (Wildman–Crippen LogP) is 1.28. The van der Waals surface area contributed by atoms with Gasteiger partial charge in [0.1, 0.15) is 12.1 Å². The molecule has 0 bridgehead atoms. The van der Waals surface area contributed by atoms with Crippen molar-refractivity contribution in [2.75, 3.05) is 0 Å². The minimum Gasteiger partial charge on any atom is -0.456 e. The van der Waals surface area contributed by atoms with E-state index in [0.29, 0.717) is 12.0 Å². The van der Waals surface area contributed by atoms with E-state index >= 15 is 0 Å². The van der Waals surface area contributed by atoms with Crippen LogP contribution in [0.5, 0.6) is 0 Å². The molecule has 1 heterocycles.